The molecule has 0 aromatic carbocycles. The number of imidazole rings is 1. The molecule has 3 amide bonds. The molecular formula is C47H77N8O20P3S. The molecular weight excluding hydrogens is 1120 g/mol. The molecule has 1 saturated heterocycles. The molecule has 2 aromatic heterocycles. The van der Waals surface area contributed by atoms with Crippen molar-refractivity contribution in [3.8, 4) is 0 Å². The van der Waals surface area contributed by atoms with E-state index in [0.29, 0.717) is 30.1 Å². The number of fused-ring (bicyclic) bond motifs is 6. The Morgan fingerprint density at radius 3 is 2.30 bits per heavy atom. The van der Waals surface area contributed by atoms with Crippen molar-refractivity contribution >= 4 is 75.0 Å². The summed E-state index contributed by atoms with van der Waals surface area (Å²) in [5.74, 6) is 0.689. The van der Waals surface area contributed by atoms with Crippen LogP contribution in [-0.2, 0) is 55.5 Å². The Morgan fingerprint density at radius 2 is 1.58 bits per heavy atom. The Kier molecular flexibility index (Phi) is 20.5. The molecule has 17 atom stereocenters. The van der Waals surface area contributed by atoms with Gasteiger partial charge in [0.15, 0.2) is 17.7 Å². The van der Waals surface area contributed by atoms with Gasteiger partial charge in [-0.2, -0.15) is 4.31 Å². The molecule has 0 bridgehead atoms. The van der Waals surface area contributed by atoms with Gasteiger partial charge < -0.3 is 66.4 Å². The van der Waals surface area contributed by atoms with Crippen molar-refractivity contribution in [1.29, 1.82) is 0 Å². The Bertz CT molecular complexity index is 2670. The molecule has 446 valence electrons. The normalized spacial score (nSPS) is 33.1. The summed E-state index contributed by atoms with van der Waals surface area (Å²) in [6.07, 6.45) is 0.996. The van der Waals surface area contributed by atoms with Crippen molar-refractivity contribution in [3.63, 3.8) is 0 Å². The molecule has 79 heavy (non-hydrogen) atoms. The number of hydrogen-bond acceptors (Lipinski definition) is 21. The summed E-state index contributed by atoms with van der Waals surface area (Å²) in [6.45, 7) is 7.13. The number of rotatable bonds is 25. The number of anilines is 1. The Labute approximate surface area is 461 Å². The van der Waals surface area contributed by atoms with Gasteiger partial charge in [-0.15, -0.1) is 0 Å². The van der Waals surface area contributed by atoms with E-state index in [9.17, 15) is 72.9 Å². The second kappa shape index (κ2) is 25.4. The monoisotopic (exact) mass is 1200 g/mol. The van der Waals surface area contributed by atoms with E-state index in [4.69, 9.17) is 19.5 Å². The lowest BCUT2D eigenvalue weighted by Gasteiger charge is -2.62. The minimum atomic E-state index is -5.61. The Morgan fingerprint density at radius 1 is 0.899 bits per heavy atom. The molecule has 2 aromatic rings. The first kappa shape index (κ1) is 63.5. The summed E-state index contributed by atoms with van der Waals surface area (Å²) in [7, 11) is -16.5. The maximum absolute atomic E-state index is 12.9. The fourth-order valence-electron chi connectivity index (χ4n) is 13.3. The average Bonchev–Trinajstić information content (AvgIpc) is 4.26. The molecule has 0 radical (unpaired) electrons. The summed E-state index contributed by atoms with van der Waals surface area (Å²) in [5, 5.41) is 51.1. The molecule has 4 aliphatic carbocycles. The quantitative estimate of drug-likeness (QED) is 0.0501. The number of phosphoric ester groups is 3. The van der Waals surface area contributed by atoms with Crippen LogP contribution in [0.3, 0.4) is 0 Å². The van der Waals surface area contributed by atoms with E-state index in [2.05, 4.69) is 60.5 Å². The number of ether oxygens (including phenoxy) is 1. The lowest BCUT2D eigenvalue weighted by atomic mass is 9.43. The van der Waals surface area contributed by atoms with Gasteiger partial charge in [-0.1, -0.05) is 46.4 Å². The van der Waals surface area contributed by atoms with Gasteiger partial charge in [0.2, 0.25) is 22.8 Å². The number of carbonyl (C=O) groups is 4. The van der Waals surface area contributed by atoms with Gasteiger partial charge >= 0.3 is 23.5 Å². The number of thioether (sulfide) groups is 1. The average molecular weight is 1200 g/mol. The summed E-state index contributed by atoms with van der Waals surface area (Å²) in [6, 6.07) is 0. The molecule has 0 spiro atoms. The van der Waals surface area contributed by atoms with E-state index < -0.39 is 84.6 Å². The van der Waals surface area contributed by atoms with E-state index in [0.717, 1.165) is 80.4 Å². The first-order valence-corrected chi connectivity index (χ1v) is 32.0. The third-order valence-corrected chi connectivity index (χ3v) is 21.4. The zero-order valence-electron chi connectivity index (χ0n) is 44.8. The van der Waals surface area contributed by atoms with Crippen molar-refractivity contribution in [3.05, 3.63) is 12.7 Å². The molecule has 1 aliphatic heterocycles. The third kappa shape index (κ3) is 15.2. The van der Waals surface area contributed by atoms with Gasteiger partial charge in [0.1, 0.15) is 36.3 Å². The SMILES string of the molecule is CC(CCC(=O)NCC(=O)SCCNC(=O)CCNC(=O)C(O)C(C)(C)COP(=O)(O)OP(=O)(O)OCC1OC(n2cnc3c(N)ncnc32)C(O)C1OP(=O)(O)O)C1CCC2C3C(O)CC4CC(O)CCC4(C)C3CCC12C. The summed E-state index contributed by atoms with van der Waals surface area (Å²) in [4.78, 5) is 102. The standard InChI is InChI=1S/C47H77N8O20P3S/c1-25(28-7-8-29-36-30(11-14-47(28,29)5)46(4)13-10-27(56)18-26(46)19-31(36)57)6-9-33(58)51-20-35(60)79-17-16-49-34(59)12-15-50-43(63)40(62)45(2,3)22-72-78(69,70)75-77(67,68)71-21-32-39(74-76(64,65)66)38(61)44(73-32)55-24-54-37-41(48)52-23-53-42(37)55/h23-32,36,38-40,44,56-57,61-62H,6-22H2,1-5H3,(H,49,59)(H,50,63)(H,51,58)(H,67,68)(H,69,70)(H2,48,52,53)(H2,64,65,66). The molecule has 17 unspecified atom stereocenters. The number of aliphatic hydroxyl groups is 4. The van der Waals surface area contributed by atoms with Gasteiger partial charge in [-0.25, -0.2) is 28.6 Å². The van der Waals surface area contributed by atoms with Crippen LogP contribution in [0.25, 0.3) is 11.2 Å². The van der Waals surface area contributed by atoms with Crippen molar-refractivity contribution < 1.29 is 95.5 Å². The van der Waals surface area contributed by atoms with Crippen LogP contribution in [0.15, 0.2) is 12.7 Å². The Balaban J connectivity index is 0.752. The van der Waals surface area contributed by atoms with Gasteiger partial charge in [0.25, 0.3) is 0 Å². The van der Waals surface area contributed by atoms with Crippen molar-refractivity contribution in [2.75, 3.05) is 44.3 Å². The number of nitrogens with one attached hydrogen (secondary N) is 3. The zero-order valence-corrected chi connectivity index (χ0v) is 48.3. The van der Waals surface area contributed by atoms with Crippen LogP contribution >= 0.6 is 35.2 Å². The van der Waals surface area contributed by atoms with E-state index in [1.54, 1.807) is 0 Å². The molecule has 7 rings (SSSR count). The number of hydrogen-bond donors (Lipinski definition) is 12. The first-order chi connectivity index (χ1) is 36.8. The lowest BCUT2D eigenvalue weighted by Crippen LogP contribution is -2.58. The van der Waals surface area contributed by atoms with Crippen LogP contribution in [-0.4, -0.2) is 158 Å². The predicted octanol–water partition coefficient (Wildman–Crippen LogP) is 2.19. The van der Waals surface area contributed by atoms with Crippen LogP contribution in [0.5, 0.6) is 0 Å². The van der Waals surface area contributed by atoms with Gasteiger partial charge in [-0.3, -0.25) is 37.3 Å². The number of aromatic nitrogens is 4. The number of aliphatic hydroxyl groups excluding tert-OH is 4. The highest BCUT2D eigenvalue weighted by molar-refractivity contribution is 8.13. The first-order valence-electron chi connectivity index (χ1n) is 26.5. The van der Waals surface area contributed by atoms with Crippen LogP contribution in [0.1, 0.15) is 111 Å². The number of phosphoric acid groups is 3. The number of amides is 3. The smallest absolute Gasteiger partial charge is 0.393 e. The van der Waals surface area contributed by atoms with Crippen molar-refractivity contribution in [2.45, 2.75) is 148 Å². The number of nitrogens with two attached hydrogens (primary N) is 1. The summed E-state index contributed by atoms with van der Waals surface area (Å²) in [5.41, 5.74) is 4.47. The second-order valence-electron chi connectivity index (χ2n) is 23.0. The number of carbonyl (C=O) groups excluding carboxylic acids is 4. The fourth-order valence-corrected chi connectivity index (χ4v) is 16.8. The maximum atomic E-state index is 12.9. The van der Waals surface area contributed by atoms with Crippen LogP contribution in [0, 0.1) is 51.8 Å². The predicted molar refractivity (Wildman–Crippen MR) is 281 cm³/mol. The molecule has 5 fully saturated rings. The molecule has 28 nitrogen and oxygen atoms in total. The Hall–Kier alpha value is -3.05. The molecule has 13 N–H and O–H groups in total. The number of nitrogens with zero attached hydrogens (tertiary/aromatic N) is 4. The minimum Gasteiger partial charge on any atom is -0.393 e. The number of nitrogen functional groups attached to an aromatic ring is 1. The van der Waals surface area contributed by atoms with Gasteiger partial charge in [-0.05, 0) is 104 Å². The van der Waals surface area contributed by atoms with E-state index >= 15 is 0 Å². The fraction of sp³-hybridized carbons (Fsp3) is 0.809. The molecule has 3 heterocycles. The second-order valence-corrected chi connectivity index (χ2v) is 28.4. The molecule has 4 saturated carbocycles. The molecule has 32 heteroatoms. The van der Waals surface area contributed by atoms with E-state index in [-0.39, 0.29) is 101 Å². The van der Waals surface area contributed by atoms with Gasteiger partial charge in [0.05, 0.1) is 38.3 Å². The van der Waals surface area contributed by atoms with E-state index in [1.165, 1.54) is 13.8 Å². The van der Waals surface area contributed by atoms with Crippen LogP contribution in [0.2, 0.25) is 0 Å². The summed E-state index contributed by atoms with van der Waals surface area (Å²) >= 11 is 0.937. The largest absolute Gasteiger partial charge is 0.481 e. The van der Waals surface area contributed by atoms with Gasteiger partial charge in [0, 0.05) is 37.1 Å². The zero-order chi connectivity index (χ0) is 58.0. The maximum Gasteiger partial charge on any atom is 0.481 e. The highest BCUT2D eigenvalue weighted by atomic mass is 32.2. The lowest BCUT2D eigenvalue weighted by molar-refractivity contribution is -0.174. The van der Waals surface area contributed by atoms with E-state index in [1.807, 2.05) is 0 Å². The topological polar surface area (TPSA) is 433 Å². The van der Waals surface area contributed by atoms with Crippen molar-refractivity contribution in [2.24, 2.45) is 51.8 Å². The highest BCUT2D eigenvalue weighted by Crippen LogP contribution is 2.68. The summed E-state index contributed by atoms with van der Waals surface area (Å²) < 4.78 is 62.7. The molecule has 5 aliphatic rings. The van der Waals surface area contributed by atoms with Crippen LogP contribution < -0.4 is 21.7 Å². The third-order valence-electron chi connectivity index (χ3n) is 17.4. The minimum absolute atomic E-state index is 0.0214. The highest BCUT2D eigenvalue weighted by Gasteiger charge is 2.63. The van der Waals surface area contributed by atoms with Crippen molar-refractivity contribution in [1.82, 2.24) is 35.5 Å². The van der Waals surface area contributed by atoms with Crippen LogP contribution in [0.4, 0.5) is 5.82 Å².